The van der Waals surface area contributed by atoms with E-state index in [1.54, 1.807) is 6.07 Å². The summed E-state index contributed by atoms with van der Waals surface area (Å²) in [6.07, 6.45) is 1.26. The molecule has 0 aromatic heterocycles. The molecule has 0 spiro atoms. The highest BCUT2D eigenvalue weighted by Crippen LogP contribution is 2.34. The van der Waals surface area contributed by atoms with Crippen molar-refractivity contribution in [1.82, 2.24) is 0 Å². The molecule has 3 N–H and O–H groups in total. The van der Waals surface area contributed by atoms with E-state index >= 15 is 0 Å². The van der Waals surface area contributed by atoms with Gasteiger partial charge >= 0.3 is 0 Å². The number of ether oxygens (including phenoxy) is 1. The topological polar surface area (TPSA) is 64.3 Å². The molecule has 0 saturated heterocycles. The molecule has 1 amide bonds. The molecule has 0 fully saturated rings. The maximum atomic E-state index is 11.3. The van der Waals surface area contributed by atoms with Gasteiger partial charge in [0.2, 0.25) is 5.91 Å². The fourth-order valence-corrected chi connectivity index (χ4v) is 1.84. The minimum absolute atomic E-state index is 0.0430. The van der Waals surface area contributed by atoms with Gasteiger partial charge in [-0.05, 0) is 44.9 Å². The predicted molar refractivity (Wildman–Crippen MR) is 68.2 cm³/mol. The lowest BCUT2D eigenvalue weighted by Gasteiger charge is -2.25. The van der Waals surface area contributed by atoms with Crippen molar-refractivity contribution in [3.8, 4) is 5.75 Å². The van der Waals surface area contributed by atoms with Crippen LogP contribution in [0.4, 0.5) is 11.4 Å². The molecular weight excluding hydrogens is 216 g/mol. The van der Waals surface area contributed by atoms with Crippen LogP contribution in [0.2, 0.25) is 0 Å². The van der Waals surface area contributed by atoms with Gasteiger partial charge in [0.1, 0.15) is 11.4 Å². The summed E-state index contributed by atoms with van der Waals surface area (Å²) in [4.78, 5) is 11.3. The van der Waals surface area contributed by atoms with Gasteiger partial charge < -0.3 is 15.8 Å². The molecule has 0 radical (unpaired) electrons. The van der Waals surface area contributed by atoms with Gasteiger partial charge in [0.15, 0.2) is 0 Å². The summed E-state index contributed by atoms with van der Waals surface area (Å²) >= 11 is 0. The van der Waals surface area contributed by atoms with Crippen molar-refractivity contribution < 1.29 is 9.53 Å². The summed E-state index contributed by atoms with van der Waals surface area (Å²) in [6.45, 7) is 5.94. The van der Waals surface area contributed by atoms with E-state index in [2.05, 4.69) is 5.32 Å². The fourth-order valence-electron chi connectivity index (χ4n) is 1.84. The summed E-state index contributed by atoms with van der Waals surface area (Å²) in [5.41, 5.74) is 8.09. The lowest BCUT2D eigenvalue weighted by molar-refractivity contribution is -0.116. The lowest BCUT2D eigenvalue weighted by Crippen LogP contribution is -2.24. The molecule has 4 heteroatoms. The van der Waals surface area contributed by atoms with Gasteiger partial charge in [-0.15, -0.1) is 0 Å². The van der Waals surface area contributed by atoms with E-state index in [0.29, 0.717) is 17.9 Å². The number of aryl methyl sites for hydroxylation is 1. The van der Waals surface area contributed by atoms with Crippen molar-refractivity contribution in [2.45, 2.75) is 39.2 Å². The first kappa shape index (κ1) is 11.8. The van der Waals surface area contributed by atoms with Crippen LogP contribution in [0, 0.1) is 0 Å². The number of benzene rings is 1. The molecule has 1 aliphatic rings. The van der Waals surface area contributed by atoms with Crippen molar-refractivity contribution in [3.05, 3.63) is 17.7 Å². The monoisotopic (exact) mass is 234 g/mol. The third-order valence-electron chi connectivity index (χ3n) is 2.55. The van der Waals surface area contributed by atoms with Crippen molar-refractivity contribution in [2.24, 2.45) is 0 Å². The lowest BCUT2D eigenvalue weighted by atomic mass is 10.0. The fraction of sp³-hybridized carbons (Fsp3) is 0.462. The van der Waals surface area contributed by atoms with Gasteiger partial charge in [0, 0.05) is 12.1 Å². The molecule has 1 heterocycles. The van der Waals surface area contributed by atoms with Crippen LogP contribution >= 0.6 is 0 Å². The highest BCUT2D eigenvalue weighted by molar-refractivity contribution is 5.94. The summed E-state index contributed by atoms with van der Waals surface area (Å²) < 4.78 is 5.79. The van der Waals surface area contributed by atoms with Crippen LogP contribution in [0.5, 0.6) is 5.75 Å². The van der Waals surface area contributed by atoms with Gasteiger partial charge in [-0.25, -0.2) is 0 Å². The second-order valence-electron chi connectivity index (χ2n) is 5.31. The number of nitrogen functional groups attached to an aromatic ring is 1. The van der Waals surface area contributed by atoms with E-state index in [1.807, 2.05) is 26.8 Å². The summed E-state index contributed by atoms with van der Waals surface area (Å²) in [5, 5.41) is 2.82. The van der Waals surface area contributed by atoms with E-state index < -0.39 is 0 Å². The molecule has 0 unspecified atom stereocenters. The van der Waals surface area contributed by atoms with Crippen molar-refractivity contribution in [3.63, 3.8) is 0 Å². The molecule has 92 valence electrons. The van der Waals surface area contributed by atoms with Gasteiger partial charge in [0.05, 0.1) is 5.69 Å². The Labute approximate surface area is 101 Å². The molecule has 0 aliphatic carbocycles. The Balaban J connectivity index is 2.34. The largest absolute Gasteiger partial charge is 0.486 e. The second-order valence-corrected chi connectivity index (χ2v) is 5.31. The summed E-state index contributed by atoms with van der Waals surface area (Å²) in [7, 11) is 0. The van der Waals surface area contributed by atoms with Crippen LogP contribution in [0.1, 0.15) is 32.8 Å². The molecule has 0 bridgehead atoms. The first-order valence-corrected chi connectivity index (χ1v) is 5.76. The number of hydrogen-bond acceptors (Lipinski definition) is 3. The number of carbonyl (C=O) groups is 1. The average molecular weight is 234 g/mol. The first-order chi connectivity index (χ1) is 7.85. The molecule has 17 heavy (non-hydrogen) atoms. The third-order valence-corrected chi connectivity index (χ3v) is 2.55. The first-order valence-electron chi connectivity index (χ1n) is 5.76. The van der Waals surface area contributed by atoms with Crippen molar-refractivity contribution in [1.29, 1.82) is 0 Å². The molecule has 2 rings (SSSR count). The molecule has 1 aromatic rings. The van der Waals surface area contributed by atoms with E-state index in [9.17, 15) is 4.79 Å². The number of fused-ring (bicyclic) bond motifs is 1. The van der Waals surface area contributed by atoms with Crippen molar-refractivity contribution in [2.75, 3.05) is 11.1 Å². The zero-order chi connectivity index (χ0) is 12.6. The highest BCUT2D eigenvalue weighted by Gasteiger charge is 2.19. The van der Waals surface area contributed by atoms with E-state index in [1.165, 1.54) is 0 Å². The number of anilines is 2. The number of nitrogens with two attached hydrogens (primary N) is 1. The van der Waals surface area contributed by atoms with Crippen LogP contribution in [-0.2, 0) is 11.2 Å². The number of carbonyl (C=O) groups excluding carboxylic acids is 1. The van der Waals surface area contributed by atoms with E-state index in [4.69, 9.17) is 10.5 Å². The Kier molecular flexibility index (Phi) is 2.73. The molecule has 1 aromatic carbocycles. The molecule has 0 atom stereocenters. The Bertz CT molecular complexity index is 461. The van der Waals surface area contributed by atoms with Crippen LogP contribution in [-0.4, -0.2) is 11.5 Å². The Hall–Kier alpha value is -1.71. The normalized spacial score (nSPS) is 15.1. The van der Waals surface area contributed by atoms with Gasteiger partial charge in [-0.1, -0.05) is 0 Å². The molecule has 0 saturated carbocycles. The average Bonchev–Trinajstić information content (AvgIpc) is 2.17. The number of hydrogen-bond donors (Lipinski definition) is 2. The molecule has 1 aliphatic heterocycles. The number of nitrogens with one attached hydrogen (secondary N) is 1. The molecule has 4 nitrogen and oxygen atoms in total. The maximum Gasteiger partial charge on any atom is 0.224 e. The molecular formula is C13H18N2O2. The zero-order valence-corrected chi connectivity index (χ0v) is 10.5. The third kappa shape index (κ3) is 2.70. The van der Waals surface area contributed by atoms with E-state index in [-0.39, 0.29) is 11.5 Å². The Morgan fingerprint density at radius 1 is 1.29 bits per heavy atom. The maximum absolute atomic E-state index is 11.3. The van der Waals surface area contributed by atoms with Gasteiger partial charge in [0.25, 0.3) is 0 Å². The second kappa shape index (κ2) is 3.95. The smallest absolute Gasteiger partial charge is 0.224 e. The predicted octanol–water partition coefficient (Wildman–Crippen LogP) is 2.33. The van der Waals surface area contributed by atoms with Crippen LogP contribution < -0.4 is 15.8 Å². The van der Waals surface area contributed by atoms with Crippen LogP contribution in [0.15, 0.2) is 12.1 Å². The Morgan fingerprint density at radius 3 is 2.65 bits per heavy atom. The number of amides is 1. The van der Waals surface area contributed by atoms with Gasteiger partial charge in [-0.2, -0.15) is 0 Å². The van der Waals surface area contributed by atoms with Crippen molar-refractivity contribution >= 4 is 17.3 Å². The Morgan fingerprint density at radius 2 is 2.00 bits per heavy atom. The quantitative estimate of drug-likeness (QED) is 0.733. The number of rotatable bonds is 1. The van der Waals surface area contributed by atoms with Crippen LogP contribution in [0.3, 0.4) is 0 Å². The van der Waals surface area contributed by atoms with E-state index in [0.717, 1.165) is 17.7 Å². The summed E-state index contributed by atoms with van der Waals surface area (Å²) in [6, 6.07) is 3.70. The zero-order valence-electron chi connectivity index (χ0n) is 10.5. The standard InChI is InChI=1S/C13H18N2O2/c1-13(2,3)17-11-6-8-4-5-12(16)15-10(8)7-9(11)14/h6-7H,4-5,14H2,1-3H3,(H,15,16). The van der Waals surface area contributed by atoms with Crippen LogP contribution in [0.25, 0.3) is 0 Å². The minimum Gasteiger partial charge on any atom is -0.486 e. The summed E-state index contributed by atoms with van der Waals surface area (Å²) in [5.74, 6) is 0.730. The minimum atomic E-state index is -0.278. The van der Waals surface area contributed by atoms with Gasteiger partial charge in [-0.3, -0.25) is 4.79 Å². The SMILES string of the molecule is CC(C)(C)Oc1cc2c(cc1N)NC(=O)CC2. The highest BCUT2D eigenvalue weighted by atomic mass is 16.5.